The van der Waals surface area contributed by atoms with E-state index in [-0.39, 0.29) is 24.0 Å². The topological polar surface area (TPSA) is 79.9 Å². The monoisotopic (exact) mass is 362 g/mol. The van der Waals surface area contributed by atoms with Gasteiger partial charge in [-0.05, 0) is 24.3 Å². The Morgan fingerprint density at radius 3 is 2.73 bits per heavy atom. The predicted molar refractivity (Wildman–Crippen MR) is 85.5 cm³/mol. The van der Waals surface area contributed by atoms with Gasteiger partial charge in [0.15, 0.2) is 5.82 Å². The van der Waals surface area contributed by atoms with Crippen LogP contribution in [0.3, 0.4) is 0 Å². The van der Waals surface area contributed by atoms with Crippen LogP contribution in [0, 0.1) is 0 Å². The van der Waals surface area contributed by atoms with E-state index in [0.29, 0.717) is 5.56 Å². The number of H-pyrrole nitrogens is 1. The van der Waals surface area contributed by atoms with Crippen molar-refractivity contribution in [2.75, 3.05) is 0 Å². The number of aromatic nitrogens is 3. The highest BCUT2D eigenvalue weighted by atomic mass is 19.4. The summed E-state index contributed by atoms with van der Waals surface area (Å²) in [6.45, 7) is 0.0711. The molecule has 1 aromatic carbocycles. The molecule has 0 radical (unpaired) electrons. The minimum absolute atomic E-state index is 0.00265. The van der Waals surface area contributed by atoms with Crippen molar-refractivity contribution in [3.05, 3.63) is 71.9 Å². The molecule has 3 aromatic rings. The van der Waals surface area contributed by atoms with Gasteiger partial charge in [-0.3, -0.25) is 4.79 Å². The van der Waals surface area contributed by atoms with E-state index >= 15 is 0 Å². The molecule has 3 rings (SSSR count). The second kappa shape index (κ2) is 7.26. The molecule has 0 unspecified atom stereocenters. The highest BCUT2D eigenvalue weighted by molar-refractivity contribution is 5.90. The molecule has 134 valence electrons. The quantitative estimate of drug-likeness (QED) is 0.728. The Balaban J connectivity index is 1.74. The molecule has 9 heteroatoms. The Labute approximate surface area is 146 Å². The van der Waals surface area contributed by atoms with Gasteiger partial charge in [0, 0.05) is 30.7 Å². The summed E-state index contributed by atoms with van der Waals surface area (Å²) in [6.07, 6.45) is -0.0630. The van der Waals surface area contributed by atoms with Gasteiger partial charge >= 0.3 is 6.18 Å². The highest BCUT2D eigenvalue weighted by Gasteiger charge is 2.30. The molecule has 0 bridgehead atoms. The summed E-state index contributed by atoms with van der Waals surface area (Å²) in [7, 11) is 0. The number of nitrogens with one attached hydrogen (secondary N) is 2. The molecule has 1 amide bonds. The molecule has 0 fully saturated rings. The lowest BCUT2D eigenvalue weighted by Gasteiger charge is -2.12. The van der Waals surface area contributed by atoms with E-state index in [1.54, 1.807) is 12.1 Å². The van der Waals surface area contributed by atoms with Gasteiger partial charge in [0.1, 0.15) is 5.75 Å². The Morgan fingerprint density at radius 2 is 2.00 bits per heavy atom. The van der Waals surface area contributed by atoms with Crippen molar-refractivity contribution < 1.29 is 22.7 Å². The van der Waals surface area contributed by atoms with Gasteiger partial charge in [-0.15, -0.1) is 0 Å². The Bertz CT molecular complexity index is 895. The number of aromatic amines is 1. The van der Waals surface area contributed by atoms with E-state index in [1.165, 1.54) is 30.7 Å². The SMILES string of the molecule is O=C(NCc1cccnc1Oc1cccc(C(F)(F)F)c1)c1ncc[nH]1. The minimum Gasteiger partial charge on any atom is -0.439 e. The summed E-state index contributed by atoms with van der Waals surface area (Å²) < 4.78 is 43.9. The number of imidazole rings is 1. The van der Waals surface area contributed by atoms with Gasteiger partial charge in [0.2, 0.25) is 5.88 Å². The number of carbonyl (C=O) groups excluding carboxylic acids is 1. The summed E-state index contributed by atoms with van der Waals surface area (Å²) in [4.78, 5) is 22.4. The van der Waals surface area contributed by atoms with E-state index in [1.807, 2.05) is 0 Å². The smallest absolute Gasteiger partial charge is 0.416 e. The average molecular weight is 362 g/mol. The van der Waals surface area contributed by atoms with Crippen LogP contribution in [0.2, 0.25) is 0 Å². The number of benzene rings is 1. The summed E-state index contributed by atoms with van der Waals surface area (Å²) in [5.41, 5.74) is -0.316. The number of alkyl halides is 3. The molecule has 6 nitrogen and oxygen atoms in total. The number of hydrogen-bond donors (Lipinski definition) is 2. The fourth-order valence-corrected chi connectivity index (χ4v) is 2.15. The van der Waals surface area contributed by atoms with Gasteiger partial charge in [-0.1, -0.05) is 12.1 Å². The molecule has 0 aliphatic rings. The summed E-state index contributed by atoms with van der Waals surface area (Å²) in [5.74, 6) is -0.179. The van der Waals surface area contributed by atoms with Crippen molar-refractivity contribution in [2.45, 2.75) is 12.7 Å². The van der Waals surface area contributed by atoms with Gasteiger partial charge in [0.25, 0.3) is 5.91 Å². The fraction of sp³-hybridized carbons (Fsp3) is 0.118. The zero-order chi connectivity index (χ0) is 18.6. The van der Waals surface area contributed by atoms with Crippen LogP contribution < -0.4 is 10.1 Å². The summed E-state index contributed by atoms with van der Waals surface area (Å²) in [6, 6.07) is 7.77. The number of nitrogens with zero attached hydrogens (tertiary/aromatic N) is 2. The van der Waals surface area contributed by atoms with Crippen LogP contribution in [0.4, 0.5) is 13.2 Å². The molecule has 0 aliphatic carbocycles. The van der Waals surface area contributed by atoms with Crippen molar-refractivity contribution in [3.63, 3.8) is 0 Å². The summed E-state index contributed by atoms with van der Waals surface area (Å²) in [5, 5.41) is 2.63. The second-order valence-corrected chi connectivity index (χ2v) is 5.22. The number of halogens is 3. The van der Waals surface area contributed by atoms with Crippen molar-refractivity contribution in [1.29, 1.82) is 0 Å². The van der Waals surface area contributed by atoms with Crippen molar-refractivity contribution in [3.8, 4) is 11.6 Å². The Hall–Kier alpha value is -3.36. The first-order valence-electron chi connectivity index (χ1n) is 7.50. The lowest BCUT2D eigenvalue weighted by atomic mass is 10.2. The lowest BCUT2D eigenvalue weighted by Crippen LogP contribution is -2.24. The first-order valence-corrected chi connectivity index (χ1v) is 7.50. The first kappa shape index (κ1) is 17.5. The average Bonchev–Trinajstić information content (AvgIpc) is 3.15. The third-order valence-electron chi connectivity index (χ3n) is 3.38. The molecule has 0 aliphatic heterocycles. The largest absolute Gasteiger partial charge is 0.439 e. The number of carbonyl (C=O) groups is 1. The molecular formula is C17H13F3N4O2. The third kappa shape index (κ3) is 4.18. The molecule has 0 atom stereocenters. The van der Waals surface area contributed by atoms with Gasteiger partial charge in [-0.2, -0.15) is 13.2 Å². The van der Waals surface area contributed by atoms with Crippen LogP contribution in [0.5, 0.6) is 11.6 Å². The van der Waals surface area contributed by atoms with Crippen molar-refractivity contribution in [2.24, 2.45) is 0 Å². The van der Waals surface area contributed by atoms with E-state index in [4.69, 9.17) is 4.74 Å². The van der Waals surface area contributed by atoms with E-state index in [2.05, 4.69) is 20.3 Å². The molecule has 0 spiro atoms. The number of hydrogen-bond acceptors (Lipinski definition) is 4. The normalized spacial score (nSPS) is 11.2. The van der Waals surface area contributed by atoms with Crippen molar-refractivity contribution in [1.82, 2.24) is 20.3 Å². The van der Waals surface area contributed by atoms with E-state index in [0.717, 1.165) is 12.1 Å². The number of pyridine rings is 1. The molecule has 0 saturated heterocycles. The zero-order valence-corrected chi connectivity index (χ0v) is 13.2. The number of amides is 1. The highest BCUT2D eigenvalue weighted by Crippen LogP contribution is 2.32. The standard InChI is InChI=1S/C17H13F3N4O2/c18-17(19,20)12-4-1-5-13(9-12)26-16-11(3-2-6-23-16)10-24-15(25)14-21-7-8-22-14/h1-9H,10H2,(H,21,22)(H,24,25). The number of rotatable bonds is 5. The molecule has 2 aromatic heterocycles. The van der Waals surface area contributed by atoms with Crippen LogP contribution in [0.15, 0.2) is 55.0 Å². The molecule has 0 saturated carbocycles. The third-order valence-corrected chi connectivity index (χ3v) is 3.38. The van der Waals surface area contributed by atoms with Crippen LogP contribution in [0.25, 0.3) is 0 Å². The zero-order valence-electron chi connectivity index (χ0n) is 13.2. The van der Waals surface area contributed by atoms with E-state index < -0.39 is 17.6 Å². The maximum absolute atomic E-state index is 12.8. The maximum Gasteiger partial charge on any atom is 0.416 e. The first-order chi connectivity index (χ1) is 12.4. The molecular weight excluding hydrogens is 349 g/mol. The predicted octanol–water partition coefficient (Wildman–Crippen LogP) is 3.55. The van der Waals surface area contributed by atoms with E-state index in [9.17, 15) is 18.0 Å². The summed E-state index contributed by atoms with van der Waals surface area (Å²) >= 11 is 0. The van der Waals surface area contributed by atoms with Crippen LogP contribution in [-0.2, 0) is 12.7 Å². The lowest BCUT2D eigenvalue weighted by molar-refractivity contribution is -0.137. The van der Waals surface area contributed by atoms with Gasteiger partial charge < -0.3 is 15.0 Å². The molecule has 2 heterocycles. The van der Waals surface area contributed by atoms with Gasteiger partial charge in [0.05, 0.1) is 5.56 Å². The van der Waals surface area contributed by atoms with Crippen LogP contribution in [-0.4, -0.2) is 20.9 Å². The Morgan fingerprint density at radius 1 is 1.15 bits per heavy atom. The van der Waals surface area contributed by atoms with Crippen LogP contribution in [0.1, 0.15) is 21.7 Å². The molecule has 26 heavy (non-hydrogen) atoms. The number of ether oxygens (including phenoxy) is 1. The Kier molecular flexibility index (Phi) is 4.87. The fourth-order valence-electron chi connectivity index (χ4n) is 2.15. The van der Waals surface area contributed by atoms with Crippen LogP contribution >= 0.6 is 0 Å². The second-order valence-electron chi connectivity index (χ2n) is 5.22. The molecule has 2 N–H and O–H groups in total. The van der Waals surface area contributed by atoms with Gasteiger partial charge in [-0.25, -0.2) is 9.97 Å². The maximum atomic E-state index is 12.8. The minimum atomic E-state index is -4.47. The van der Waals surface area contributed by atoms with Crippen molar-refractivity contribution >= 4 is 5.91 Å².